The molecule has 3 aromatic rings. The van der Waals surface area contributed by atoms with Crippen LogP contribution in [0, 0.1) is 18.6 Å². The highest BCUT2D eigenvalue weighted by atomic mass is 19.1. The Hall–Kier alpha value is -3.20. The predicted molar refractivity (Wildman–Crippen MR) is 96.1 cm³/mol. The molecule has 1 amide bonds. The van der Waals surface area contributed by atoms with Crippen LogP contribution in [0.1, 0.15) is 29.1 Å². The number of aliphatic hydroxyl groups is 1. The molecule has 0 aliphatic rings. The molecule has 0 bridgehead atoms. The lowest BCUT2D eigenvalue weighted by Crippen LogP contribution is -2.37. The molecule has 0 saturated heterocycles. The summed E-state index contributed by atoms with van der Waals surface area (Å²) in [6, 6.07) is 10.8. The lowest BCUT2D eigenvalue weighted by molar-refractivity contribution is -0.125. The Labute approximate surface area is 160 Å². The predicted octanol–water partition coefficient (Wildman–Crippen LogP) is 1.89. The van der Waals surface area contributed by atoms with E-state index in [0.29, 0.717) is 11.4 Å². The van der Waals surface area contributed by atoms with Gasteiger partial charge in [0, 0.05) is 18.5 Å². The van der Waals surface area contributed by atoms with Gasteiger partial charge in [0.05, 0.1) is 6.10 Å². The van der Waals surface area contributed by atoms with Crippen molar-refractivity contribution in [1.29, 1.82) is 0 Å². The van der Waals surface area contributed by atoms with E-state index in [1.54, 1.807) is 25.1 Å². The minimum absolute atomic E-state index is 0.0862. The van der Waals surface area contributed by atoms with Crippen molar-refractivity contribution in [2.75, 3.05) is 6.54 Å². The topological polar surface area (TPSA) is 92.9 Å². The number of halogens is 2. The molecule has 1 heterocycles. The maximum Gasteiger partial charge on any atom is 0.245 e. The zero-order chi connectivity index (χ0) is 20.1. The molecule has 2 unspecified atom stereocenters. The van der Waals surface area contributed by atoms with Gasteiger partial charge in [-0.2, -0.15) is 0 Å². The number of hydrogen-bond donors (Lipinski definition) is 2. The first kappa shape index (κ1) is 19.6. The van der Waals surface area contributed by atoms with Gasteiger partial charge in [-0.15, -0.1) is 5.10 Å². The highest BCUT2D eigenvalue weighted by molar-refractivity contribution is 5.80. The molecule has 0 aliphatic heterocycles. The van der Waals surface area contributed by atoms with Crippen molar-refractivity contribution in [1.82, 2.24) is 25.5 Å². The minimum atomic E-state index is -1.21. The molecule has 0 spiro atoms. The third-order valence-electron chi connectivity index (χ3n) is 4.31. The molecule has 2 aromatic carbocycles. The summed E-state index contributed by atoms with van der Waals surface area (Å²) in [7, 11) is 0. The van der Waals surface area contributed by atoms with Gasteiger partial charge in [-0.3, -0.25) is 4.79 Å². The fourth-order valence-corrected chi connectivity index (χ4v) is 2.87. The van der Waals surface area contributed by atoms with E-state index in [2.05, 4.69) is 20.8 Å². The second-order valence-corrected chi connectivity index (χ2v) is 6.30. The molecule has 7 nitrogen and oxygen atoms in total. The Balaban J connectivity index is 1.75. The first-order chi connectivity index (χ1) is 13.5. The van der Waals surface area contributed by atoms with Crippen molar-refractivity contribution < 1.29 is 18.7 Å². The summed E-state index contributed by atoms with van der Waals surface area (Å²) in [4.78, 5) is 12.8. The van der Waals surface area contributed by atoms with Gasteiger partial charge in [0.2, 0.25) is 5.91 Å². The average Bonchev–Trinajstić information content (AvgIpc) is 3.10. The minimum Gasteiger partial charge on any atom is -0.386 e. The van der Waals surface area contributed by atoms with Crippen LogP contribution in [0.2, 0.25) is 0 Å². The molecule has 3 rings (SSSR count). The van der Waals surface area contributed by atoms with Crippen LogP contribution in [0.5, 0.6) is 0 Å². The van der Waals surface area contributed by atoms with Gasteiger partial charge in [-0.25, -0.2) is 13.5 Å². The molecular formula is C19H19F2N5O2. The van der Waals surface area contributed by atoms with Crippen LogP contribution in [0.3, 0.4) is 0 Å². The highest BCUT2D eigenvalue weighted by Crippen LogP contribution is 2.18. The Morgan fingerprint density at radius 3 is 2.68 bits per heavy atom. The van der Waals surface area contributed by atoms with E-state index in [0.717, 1.165) is 0 Å². The molecule has 1 aromatic heterocycles. The zero-order valence-corrected chi connectivity index (χ0v) is 15.1. The van der Waals surface area contributed by atoms with Gasteiger partial charge in [0.1, 0.15) is 23.5 Å². The number of aromatic nitrogens is 4. The maximum atomic E-state index is 13.8. The van der Waals surface area contributed by atoms with Crippen LogP contribution in [0.15, 0.2) is 48.5 Å². The molecule has 28 heavy (non-hydrogen) atoms. The van der Waals surface area contributed by atoms with E-state index in [1.165, 1.54) is 35.0 Å². The third kappa shape index (κ3) is 4.55. The number of carbonyl (C=O) groups excluding carboxylic acids is 1. The second kappa shape index (κ2) is 8.66. The number of benzene rings is 2. The van der Waals surface area contributed by atoms with Crippen LogP contribution >= 0.6 is 0 Å². The molecule has 2 N–H and O–H groups in total. The summed E-state index contributed by atoms with van der Waals surface area (Å²) < 4.78 is 28.6. The van der Waals surface area contributed by atoms with Crippen molar-refractivity contribution in [2.24, 2.45) is 0 Å². The van der Waals surface area contributed by atoms with E-state index >= 15 is 0 Å². The first-order valence-electron chi connectivity index (χ1n) is 8.65. The quantitative estimate of drug-likeness (QED) is 0.646. The van der Waals surface area contributed by atoms with E-state index in [-0.39, 0.29) is 18.5 Å². The molecule has 2 atom stereocenters. The number of nitrogens with one attached hydrogen (secondary N) is 1. The van der Waals surface area contributed by atoms with Gasteiger partial charge >= 0.3 is 0 Å². The first-order valence-corrected chi connectivity index (χ1v) is 8.65. The summed E-state index contributed by atoms with van der Waals surface area (Å²) in [6.07, 6.45) is -1.07. The van der Waals surface area contributed by atoms with Crippen LogP contribution < -0.4 is 5.32 Å². The summed E-state index contributed by atoms with van der Waals surface area (Å²) in [5, 5.41) is 23.9. The molecule has 0 saturated carbocycles. The monoisotopic (exact) mass is 387 g/mol. The van der Waals surface area contributed by atoms with Crippen LogP contribution in [-0.2, 0) is 11.2 Å². The lowest BCUT2D eigenvalue weighted by atomic mass is 10.0. The number of amides is 1. The Kier molecular flexibility index (Phi) is 6.05. The largest absolute Gasteiger partial charge is 0.386 e. The van der Waals surface area contributed by atoms with E-state index < -0.39 is 29.7 Å². The van der Waals surface area contributed by atoms with Gasteiger partial charge in [0.15, 0.2) is 0 Å². The van der Waals surface area contributed by atoms with E-state index in [1.807, 2.05) is 0 Å². The summed E-state index contributed by atoms with van der Waals surface area (Å²) in [5.41, 5.74) is 0.674. The van der Waals surface area contributed by atoms with Gasteiger partial charge in [-0.1, -0.05) is 30.3 Å². The molecule has 146 valence electrons. The zero-order valence-electron chi connectivity index (χ0n) is 15.1. The normalized spacial score (nSPS) is 13.1. The van der Waals surface area contributed by atoms with Crippen molar-refractivity contribution in [3.8, 4) is 0 Å². The number of tetrazole rings is 1. The number of hydrogen-bond acceptors (Lipinski definition) is 5. The molecule has 0 fully saturated rings. The smallest absolute Gasteiger partial charge is 0.245 e. The Bertz CT molecular complexity index is 963. The molecule has 9 heteroatoms. The fraction of sp³-hybridized carbons (Fsp3) is 0.263. The second-order valence-electron chi connectivity index (χ2n) is 6.30. The molecule has 0 radical (unpaired) electrons. The lowest BCUT2D eigenvalue weighted by Gasteiger charge is -2.19. The number of carbonyl (C=O) groups is 1. The SMILES string of the molecule is Cc1nnnn1C(Cc1cccc(F)c1)C(=O)NCC(O)c1ccccc1F. The summed E-state index contributed by atoms with van der Waals surface area (Å²) in [6.45, 7) is 1.45. The Morgan fingerprint density at radius 1 is 1.21 bits per heavy atom. The van der Waals surface area contributed by atoms with E-state index in [9.17, 15) is 18.7 Å². The Morgan fingerprint density at radius 2 is 2.00 bits per heavy atom. The third-order valence-corrected chi connectivity index (χ3v) is 4.31. The van der Waals surface area contributed by atoms with Gasteiger partial charge in [-0.05, 0) is 41.1 Å². The van der Waals surface area contributed by atoms with Crippen molar-refractivity contribution in [2.45, 2.75) is 25.5 Å². The van der Waals surface area contributed by atoms with E-state index in [4.69, 9.17) is 0 Å². The summed E-state index contributed by atoms with van der Waals surface area (Å²) >= 11 is 0. The fourth-order valence-electron chi connectivity index (χ4n) is 2.87. The van der Waals surface area contributed by atoms with Crippen molar-refractivity contribution in [3.63, 3.8) is 0 Å². The number of nitrogens with zero attached hydrogens (tertiary/aromatic N) is 4. The van der Waals surface area contributed by atoms with Gasteiger partial charge in [0.25, 0.3) is 0 Å². The number of rotatable bonds is 7. The molecule has 0 aliphatic carbocycles. The van der Waals surface area contributed by atoms with Crippen LogP contribution in [-0.4, -0.2) is 37.8 Å². The van der Waals surface area contributed by atoms with Crippen molar-refractivity contribution in [3.05, 3.63) is 77.1 Å². The maximum absolute atomic E-state index is 13.8. The highest BCUT2D eigenvalue weighted by Gasteiger charge is 2.25. The molecular weight excluding hydrogens is 368 g/mol. The number of aliphatic hydroxyl groups excluding tert-OH is 1. The number of aryl methyl sites for hydroxylation is 1. The van der Waals surface area contributed by atoms with Crippen LogP contribution in [0.4, 0.5) is 8.78 Å². The standard InChI is InChI=1S/C19H19F2N5O2/c1-12-23-24-25-26(12)17(10-13-5-4-6-14(20)9-13)19(28)22-11-18(27)15-7-2-3-8-16(15)21/h2-9,17-18,27H,10-11H2,1H3,(H,22,28). The van der Waals surface area contributed by atoms with Crippen molar-refractivity contribution >= 4 is 5.91 Å². The summed E-state index contributed by atoms with van der Waals surface area (Å²) in [5.74, 6) is -1.04. The van der Waals surface area contributed by atoms with Crippen LogP contribution in [0.25, 0.3) is 0 Å². The average molecular weight is 387 g/mol. The van der Waals surface area contributed by atoms with Gasteiger partial charge < -0.3 is 10.4 Å².